The maximum absolute atomic E-state index is 12.0. The Balaban J connectivity index is 1.58. The Kier molecular flexibility index (Phi) is 4.18. The van der Waals surface area contributed by atoms with Crippen LogP contribution in [0.4, 0.5) is 0 Å². The van der Waals surface area contributed by atoms with Gasteiger partial charge in [-0.3, -0.25) is 4.79 Å². The van der Waals surface area contributed by atoms with E-state index in [0.29, 0.717) is 24.3 Å². The lowest BCUT2D eigenvalue weighted by Crippen LogP contribution is -2.22. The number of benzene rings is 1. The fourth-order valence-electron chi connectivity index (χ4n) is 2.21. The predicted octanol–water partition coefficient (Wildman–Crippen LogP) is 1.60. The molecule has 2 aromatic heterocycles. The number of nitrogens with zero attached hydrogens (tertiary/aromatic N) is 4. The van der Waals surface area contributed by atoms with E-state index < -0.39 is 0 Å². The summed E-state index contributed by atoms with van der Waals surface area (Å²) in [6, 6.07) is 9.08. The van der Waals surface area contributed by atoms with Gasteiger partial charge in [0.25, 0.3) is 5.91 Å². The first-order chi connectivity index (χ1) is 11.1. The maximum atomic E-state index is 12.0. The highest BCUT2D eigenvalue weighted by Crippen LogP contribution is 2.05. The minimum Gasteiger partial charge on any atom is -0.346 e. The molecule has 0 fully saturated rings. The highest BCUT2D eigenvalue weighted by atomic mass is 16.1. The Hall–Kier alpha value is -2.96. The van der Waals surface area contributed by atoms with E-state index in [1.54, 1.807) is 23.0 Å². The molecular weight excluding hydrogens is 292 g/mol. The average Bonchev–Trinajstić information content (AvgIpc) is 3.13. The third kappa shape index (κ3) is 3.63. The number of carbonyl (C=O) groups excluding carboxylic acids is 1. The third-order valence-electron chi connectivity index (χ3n) is 3.54. The van der Waals surface area contributed by atoms with Crippen LogP contribution in [0, 0.1) is 13.8 Å². The molecule has 0 radical (unpaired) electrons. The van der Waals surface area contributed by atoms with Gasteiger partial charge < -0.3 is 10.3 Å². The molecule has 3 rings (SSSR count). The van der Waals surface area contributed by atoms with Gasteiger partial charge in [0.1, 0.15) is 18.1 Å². The van der Waals surface area contributed by atoms with Crippen LogP contribution in [-0.2, 0) is 13.1 Å². The summed E-state index contributed by atoms with van der Waals surface area (Å²) < 4.78 is 1.70. The van der Waals surface area contributed by atoms with Crippen molar-refractivity contribution in [2.45, 2.75) is 26.9 Å². The summed E-state index contributed by atoms with van der Waals surface area (Å²) in [6.45, 7) is 4.80. The quantitative estimate of drug-likeness (QED) is 0.749. The van der Waals surface area contributed by atoms with Crippen molar-refractivity contribution in [1.29, 1.82) is 0 Å². The summed E-state index contributed by atoms with van der Waals surface area (Å²) in [5.41, 5.74) is 3.36. The van der Waals surface area contributed by atoms with Crippen LogP contribution in [0.5, 0.6) is 0 Å². The smallest absolute Gasteiger partial charge is 0.251 e. The van der Waals surface area contributed by atoms with Crippen molar-refractivity contribution in [1.82, 2.24) is 30.3 Å². The van der Waals surface area contributed by atoms with Crippen molar-refractivity contribution >= 4 is 5.91 Å². The van der Waals surface area contributed by atoms with Crippen LogP contribution in [-0.4, -0.2) is 30.9 Å². The number of hydrogen-bond acceptors (Lipinski definition) is 4. The Morgan fingerprint density at radius 3 is 2.74 bits per heavy atom. The minimum absolute atomic E-state index is 0.127. The highest BCUT2D eigenvalue weighted by Gasteiger charge is 2.08. The molecule has 0 bridgehead atoms. The maximum Gasteiger partial charge on any atom is 0.251 e. The van der Waals surface area contributed by atoms with Gasteiger partial charge in [0, 0.05) is 11.3 Å². The third-order valence-corrected chi connectivity index (χ3v) is 3.54. The normalized spacial score (nSPS) is 10.7. The number of aromatic nitrogens is 5. The molecule has 0 unspecified atom stereocenters. The van der Waals surface area contributed by atoms with E-state index >= 15 is 0 Å². The number of imidazole rings is 1. The van der Waals surface area contributed by atoms with Crippen molar-refractivity contribution in [3.05, 3.63) is 65.0 Å². The monoisotopic (exact) mass is 310 g/mol. The standard InChI is InChI=1S/C16H18N6O/c1-11-12(2)19-15(18-11)10-22-9-14(20-21-22)8-17-16(23)13-6-4-3-5-7-13/h3-7,9H,8,10H2,1-2H3,(H,17,23)(H,18,19). The van der Waals surface area contributed by atoms with E-state index in [1.165, 1.54) is 0 Å². The Labute approximate surface area is 133 Å². The first-order valence-electron chi connectivity index (χ1n) is 7.36. The second kappa shape index (κ2) is 6.43. The number of carbonyl (C=O) groups is 1. The van der Waals surface area contributed by atoms with Gasteiger partial charge in [0.15, 0.2) is 0 Å². The number of rotatable bonds is 5. The van der Waals surface area contributed by atoms with E-state index in [4.69, 9.17) is 0 Å². The first kappa shape index (κ1) is 15.0. The van der Waals surface area contributed by atoms with Crippen LogP contribution in [0.15, 0.2) is 36.5 Å². The number of nitrogens with one attached hydrogen (secondary N) is 2. The van der Waals surface area contributed by atoms with E-state index in [2.05, 4.69) is 25.6 Å². The van der Waals surface area contributed by atoms with Gasteiger partial charge >= 0.3 is 0 Å². The minimum atomic E-state index is -0.127. The summed E-state index contributed by atoms with van der Waals surface area (Å²) >= 11 is 0. The van der Waals surface area contributed by atoms with Crippen LogP contribution in [0.1, 0.15) is 33.3 Å². The van der Waals surface area contributed by atoms with Gasteiger partial charge in [-0.05, 0) is 26.0 Å². The first-order valence-corrected chi connectivity index (χ1v) is 7.36. The van der Waals surface area contributed by atoms with Crippen LogP contribution in [0.3, 0.4) is 0 Å². The van der Waals surface area contributed by atoms with E-state index in [1.807, 2.05) is 32.0 Å². The van der Waals surface area contributed by atoms with Gasteiger partial charge in [-0.1, -0.05) is 23.4 Å². The highest BCUT2D eigenvalue weighted by molar-refractivity contribution is 5.93. The second-order valence-corrected chi connectivity index (χ2v) is 5.35. The van der Waals surface area contributed by atoms with Crippen molar-refractivity contribution in [3.63, 3.8) is 0 Å². The fraction of sp³-hybridized carbons (Fsp3) is 0.250. The van der Waals surface area contributed by atoms with E-state index in [9.17, 15) is 4.79 Å². The van der Waals surface area contributed by atoms with Crippen molar-refractivity contribution in [2.75, 3.05) is 0 Å². The Bertz CT molecular complexity index is 786. The fourth-order valence-corrected chi connectivity index (χ4v) is 2.21. The van der Waals surface area contributed by atoms with Crippen LogP contribution < -0.4 is 5.32 Å². The molecule has 1 aromatic carbocycles. The molecule has 118 valence electrons. The molecule has 7 nitrogen and oxygen atoms in total. The zero-order valence-corrected chi connectivity index (χ0v) is 13.1. The van der Waals surface area contributed by atoms with Gasteiger partial charge in [0.05, 0.1) is 18.4 Å². The molecule has 0 spiro atoms. The van der Waals surface area contributed by atoms with E-state index in [0.717, 1.165) is 17.2 Å². The molecule has 0 saturated heterocycles. The molecule has 1 amide bonds. The van der Waals surface area contributed by atoms with Crippen molar-refractivity contribution in [2.24, 2.45) is 0 Å². The number of H-pyrrole nitrogens is 1. The number of hydrogen-bond donors (Lipinski definition) is 2. The molecule has 0 aliphatic rings. The molecule has 0 atom stereocenters. The lowest BCUT2D eigenvalue weighted by molar-refractivity contribution is 0.0950. The summed E-state index contributed by atoms with van der Waals surface area (Å²) in [5, 5.41) is 10.9. The summed E-state index contributed by atoms with van der Waals surface area (Å²) in [6.07, 6.45) is 1.80. The van der Waals surface area contributed by atoms with Gasteiger partial charge in [-0.25, -0.2) is 9.67 Å². The van der Waals surface area contributed by atoms with Gasteiger partial charge in [-0.2, -0.15) is 0 Å². The molecule has 2 N–H and O–H groups in total. The van der Waals surface area contributed by atoms with Crippen LogP contribution >= 0.6 is 0 Å². The van der Waals surface area contributed by atoms with Crippen molar-refractivity contribution < 1.29 is 4.79 Å². The SMILES string of the molecule is Cc1nc(Cn2cc(CNC(=O)c3ccccc3)nn2)[nH]c1C. The van der Waals surface area contributed by atoms with Crippen molar-refractivity contribution in [3.8, 4) is 0 Å². The summed E-state index contributed by atoms with van der Waals surface area (Å²) in [7, 11) is 0. The second-order valence-electron chi connectivity index (χ2n) is 5.35. The molecule has 23 heavy (non-hydrogen) atoms. The topological polar surface area (TPSA) is 88.5 Å². The largest absolute Gasteiger partial charge is 0.346 e. The zero-order chi connectivity index (χ0) is 16.2. The van der Waals surface area contributed by atoms with Gasteiger partial charge in [0.2, 0.25) is 0 Å². The molecule has 7 heteroatoms. The van der Waals surface area contributed by atoms with Crippen LogP contribution in [0.2, 0.25) is 0 Å². The molecule has 2 heterocycles. The Morgan fingerprint density at radius 2 is 2.04 bits per heavy atom. The van der Waals surface area contributed by atoms with E-state index in [-0.39, 0.29) is 5.91 Å². The number of amides is 1. The molecule has 0 aliphatic heterocycles. The average molecular weight is 310 g/mol. The summed E-state index contributed by atoms with van der Waals surface area (Å²) in [5.74, 6) is 0.710. The number of aromatic amines is 1. The number of aryl methyl sites for hydroxylation is 2. The molecule has 0 saturated carbocycles. The summed E-state index contributed by atoms with van der Waals surface area (Å²) in [4.78, 5) is 19.6. The predicted molar refractivity (Wildman–Crippen MR) is 84.8 cm³/mol. The lowest BCUT2D eigenvalue weighted by atomic mass is 10.2. The molecule has 0 aliphatic carbocycles. The van der Waals surface area contributed by atoms with Gasteiger partial charge in [-0.15, -0.1) is 5.10 Å². The van der Waals surface area contributed by atoms with Crippen LogP contribution in [0.25, 0.3) is 0 Å². The molecule has 3 aromatic rings. The zero-order valence-electron chi connectivity index (χ0n) is 13.1. The Morgan fingerprint density at radius 1 is 1.26 bits per heavy atom. The molecular formula is C16H18N6O. The lowest BCUT2D eigenvalue weighted by Gasteiger charge is -2.02.